The summed E-state index contributed by atoms with van der Waals surface area (Å²) in [6.45, 7) is 7.79. The Morgan fingerprint density at radius 1 is 1.00 bits per heavy atom. The van der Waals surface area contributed by atoms with Gasteiger partial charge in [-0.15, -0.1) is 0 Å². The highest BCUT2D eigenvalue weighted by Crippen LogP contribution is 2.19. The number of rotatable bonds is 13. The van der Waals surface area contributed by atoms with Crippen LogP contribution in [-0.4, -0.2) is 39.0 Å². The quantitative estimate of drug-likeness (QED) is 0.198. The summed E-state index contributed by atoms with van der Waals surface area (Å²) < 4.78 is 31.1. The number of sulfone groups is 1. The van der Waals surface area contributed by atoms with E-state index >= 15 is 0 Å². The minimum absolute atomic E-state index is 0.0312. The fraction of sp³-hybridized carbons (Fsp3) is 0.522. The lowest BCUT2D eigenvalue weighted by molar-refractivity contribution is -0.138. The molecular weight excluding hydrogens is 386 g/mol. The number of ether oxygens (including phenoxy) is 1. The molecule has 0 saturated carbocycles. The molecule has 0 unspecified atom stereocenters. The third kappa shape index (κ3) is 8.74. The van der Waals surface area contributed by atoms with Crippen LogP contribution in [0.15, 0.2) is 57.8 Å². The predicted octanol–water partition coefficient (Wildman–Crippen LogP) is 4.86. The number of unbranched alkanes of at least 4 members (excludes halogenated alkanes) is 5. The van der Waals surface area contributed by atoms with Gasteiger partial charge < -0.3 is 9.64 Å². The van der Waals surface area contributed by atoms with Crippen LogP contribution in [0.3, 0.4) is 0 Å². The fourth-order valence-corrected chi connectivity index (χ4v) is 3.88. The van der Waals surface area contributed by atoms with Crippen molar-refractivity contribution in [3.63, 3.8) is 0 Å². The highest BCUT2D eigenvalue weighted by molar-refractivity contribution is 7.96. The van der Waals surface area contributed by atoms with Gasteiger partial charge in [0, 0.05) is 13.1 Å². The van der Waals surface area contributed by atoms with Crippen molar-refractivity contribution >= 4 is 15.8 Å². The Labute approximate surface area is 175 Å². The van der Waals surface area contributed by atoms with Crippen molar-refractivity contribution in [2.24, 2.45) is 0 Å². The minimum Gasteiger partial charge on any atom is -0.461 e. The van der Waals surface area contributed by atoms with Crippen LogP contribution < -0.4 is 0 Å². The van der Waals surface area contributed by atoms with Gasteiger partial charge in [-0.1, -0.05) is 63.0 Å². The number of esters is 1. The summed E-state index contributed by atoms with van der Waals surface area (Å²) >= 11 is 0. The summed E-state index contributed by atoms with van der Waals surface area (Å²) in [5, 5.41) is 0. The third-order valence-electron chi connectivity index (χ3n) is 4.48. The summed E-state index contributed by atoms with van der Waals surface area (Å²) in [6.07, 6.45) is 7.89. The van der Waals surface area contributed by atoms with Crippen molar-refractivity contribution in [3.05, 3.63) is 52.9 Å². The zero-order valence-electron chi connectivity index (χ0n) is 17.8. The van der Waals surface area contributed by atoms with Gasteiger partial charge in [-0.2, -0.15) is 0 Å². The van der Waals surface area contributed by atoms with Crippen molar-refractivity contribution in [2.75, 3.05) is 19.7 Å². The van der Waals surface area contributed by atoms with Crippen molar-refractivity contribution in [3.8, 4) is 0 Å². The van der Waals surface area contributed by atoms with E-state index in [9.17, 15) is 13.2 Å². The zero-order valence-corrected chi connectivity index (χ0v) is 18.6. The molecule has 1 rings (SSSR count). The van der Waals surface area contributed by atoms with E-state index in [0.717, 1.165) is 32.4 Å². The molecule has 6 heteroatoms. The molecule has 0 aliphatic heterocycles. The van der Waals surface area contributed by atoms with E-state index in [1.807, 2.05) is 18.7 Å². The number of hydrogen-bond acceptors (Lipinski definition) is 5. The van der Waals surface area contributed by atoms with Crippen molar-refractivity contribution in [2.45, 2.75) is 64.2 Å². The minimum atomic E-state index is -4.04. The normalized spacial score (nSPS) is 10.6. The van der Waals surface area contributed by atoms with Crippen LogP contribution in [0.2, 0.25) is 0 Å². The first-order valence-corrected chi connectivity index (χ1v) is 11.9. The van der Waals surface area contributed by atoms with Gasteiger partial charge in [0.15, 0.2) is 0 Å². The number of nitrogens with zero attached hydrogens (tertiary/aromatic N) is 1. The Hall–Kier alpha value is -2.26. The maximum Gasteiger partial charge on any atom is 0.358 e. The second kappa shape index (κ2) is 13.8. The van der Waals surface area contributed by atoms with Crippen LogP contribution in [-0.2, 0) is 19.4 Å². The second-order valence-corrected chi connectivity index (χ2v) is 8.56. The summed E-state index contributed by atoms with van der Waals surface area (Å²) in [4.78, 5) is 14.0. The third-order valence-corrected chi connectivity index (χ3v) is 6.18. The second-order valence-electron chi connectivity index (χ2n) is 6.67. The first-order chi connectivity index (χ1) is 14.0. The van der Waals surface area contributed by atoms with E-state index in [1.54, 1.807) is 24.4 Å². The van der Waals surface area contributed by atoms with Gasteiger partial charge in [-0.25, -0.2) is 13.2 Å². The van der Waals surface area contributed by atoms with Gasteiger partial charge >= 0.3 is 5.97 Å². The molecule has 0 heterocycles. The molecule has 0 bridgehead atoms. The summed E-state index contributed by atoms with van der Waals surface area (Å²) in [5.74, 6) is -0.886. The van der Waals surface area contributed by atoms with Crippen molar-refractivity contribution in [1.29, 1.82) is 0 Å². The molecule has 0 amide bonds. The Bertz CT molecular complexity index is 814. The predicted molar refractivity (Wildman–Crippen MR) is 116 cm³/mol. The Kier molecular flexibility index (Phi) is 11.8. The Balaban J connectivity index is 3.00. The lowest BCUT2D eigenvalue weighted by Crippen LogP contribution is -2.17. The maximum absolute atomic E-state index is 12.9. The molecule has 0 aliphatic carbocycles. The monoisotopic (exact) mass is 419 g/mol. The van der Waals surface area contributed by atoms with Crippen LogP contribution in [0.1, 0.15) is 59.3 Å². The van der Waals surface area contributed by atoms with E-state index in [-0.39, 0.29) is 11.5 Å². The summed E-state index contributed by atoms with van der Waals surface area (Å²) in [6, 6.07) is 7.84. The van der Waals surface area contributed by atoms with E-state index in [1.165, 1.54) is 25.0 Å². The number of carbonyl (C=O) groups excluding carboxylic acids is 1. The molecule has 0 aromatic heterocycles. The zero-order chi connectivity index (χ0) is 21.5. The van der Waals surface area contributed by atoms with Gasteiger partial charge in [0.25, 0.3) is 0 Å². The highest BCUT2D eigenvalue weighted by atomic mass is 32.2. The number of benzene rings is 1. The van der Waals surface area contributed by atoms with E-state index in [4.69, 9.17) is 4.74 Å². The average molecular weight is 420 g/mol. The lowest BCUT2D eigenvalue weighted by Gasteiger charge is -2.12. The van der Waals surface area contributed by atoms with Gasteiger partial charge in [-0.3, -0.25) is 0 Å². The molecule has 0 atom stereocenters. The van der Waals surface area contributed by atoms with E-state index in [0.29, 0.717) is 6.42 Å². The SMILES string of the molecule is CCCCCCCCOC(=O)C(=C=C=CN(CC)CC)S(=O)(=O)c1ccccc1. The fourth-order valence-electron chi connectivity index (χ4n) is 2.65. The average Bonchev–Trinajstić information content (AvgIpc) is 2.73. The molecule has 1 aromatic carbocycles. The van der Waals surface area contributed by atoms with Gasteiger partial charge in [0.05, 0.1) is 17.7 Å². The molecule has 5 nitrogen and oxygen atoms in total. The molecule has 1 aromatic rings. The lowest BCUT2D eigenvalue weighted by atomic mass is 10.1. The molecule has 160 valence electrons. The van der Waals surface area contributed by atoms with Crippen LogP contribution in [0, 0.1) is 0 Å². The smallest absolute Gasteiger partial charge is 0.358 e. The first kappa shape index (κ1) is 24.8. The van der Waals surface area contributed by atoms with Gasteiger partial charge in [0.2, 0.25) is 14.7 Å². The highest BCUT2D eigenvalue weighted by Gasteiger charge is 2.28. The Morgan fingerprint density at radius 3 is 2.24 bits per heavy atom. The number of hydrogen-bond donors (Lipinski definition) is 0. The van der Waals surface area contributed by atoms with Crippen molar-refractivity contribution in [1.82, 2.24) is 4.90 Å². The molecule has 0 N–H and O–H groups in total. The molecule has 0 radical (unpaired) electrons. The molecule has 0 aliphatic rings. The molecule has 0 fully saturated rings. The standard InChI is InChI=1S/C23H33NO4S/c1-4-7-8-9-10-14-20-28-23(25)22(18-15-19-24(5-2)6-3)29(26,27)21-16-12-11-13-17-21/h11-13,16-17,19H,4-10,14,20H2,1-3H3. The molecule has 0 saturated heterocycles. The largest absolute Gasteiger partial charge is 0.461 e. The molecular formula is C23H33NO4S. The topological polar surface area (TPSA) is 63.7 Å². The van der Waals surface area contributed by atoms with E-state index < -0.39 is 20.7 Å². The molecule has 29 heavy (non-hydrogen) atoms. The van der Waals surface area contributed by atoms with E-state index in [2.05, 4.69) is 18.4 Å². The summed E-state index contributed by atoms with van der Waals surface area (Å²) in [7, 11) is -4.04. The van der Waals surface area contributed by atoms with Crippen LogP contribution in [0.5, 0.6) is 0 Å². The first-order valence-electron chi connectivity index (χ1n) is 10.4. The van der Waals surface area contributed by atoms with Crippen LogP contribution >= 0.6 is 0 Å². The van der Waals surface area contributed by atoms with Gasteiger partial charge in [0.1, 0.15) is 0 Å². The van der Waals surface area contributed by atoms with Crippen LogP contribution in [0.25, 0.3) is 0 Å². The van der Waals surface area contributed by atoms with Crippen LogP contribution in [0.4, 0.5) is 0 Å². The summed E-state index contributed by atoms with van der Waals surface area (Å²) in [5.41, 5.74) is 5.24. The number of carbonyl (C=O) groups is 1. The maximum atomic E-state index is 12.9. The van der Waals surface area contributed by atoms with Gasteiger partial charge in [-0.05, 0) is 38.1 Å². The Morgan fingerprint density at radius 2 is 1.62 bits per heavy atom. The molecule has 0 spiro atoms. The van der Waals surface area contributed by atoms with Crippen molar-refractivity contribution < 1.29 is 17.9 Å².